The highest BCUT2D eigenvalue weighted by Gasteiger charge is 2.30. The van der Waals surface area contributed by atoms with E-state index in [2.05, 4.69) is 4.98 Å². The number of fused-ring (bicyclic) bond motifs is 2. The SMILES string of the molecule is Cc1ccc2nc3cc(C(F)(F)F)ccc3cc2c1. The maximum atomic E-state index is 12.7. The largest absolute Gasteiger partial charge is 0.416 e. The van der Waals surface area contributed by atoms with Crippen LogP contribution in [0.25, 0.3) is 21.8 Å². The molecule has 0 bridgehead atoms. The van der Waals surface area contributed by atoms with Crippen molar-refractivity contribution in [2.45, 2.75) is 13.1 Å². The molecule has 1 nitrogen and oxygen atoms in total. The van der Waals surface area contributed by atoms with E-state index < -0.39 is 11.7 Å². The van der Waals surface area contributed by atoms with E-state index in [9.17, 15) is 13.2 Å². The van der Waals surface area contributed by atoms with Crippen LogP contribution in [0.15, 0.2) is 42.5 Å². The minimum absolute atomic E-state index is 0.367. The van der Waals surface area contributed by atoms with E-state index in [1.165, 1.54) is 6.07 Å². The number of nitrogens with zero attached hydrogens (tertiary/aromatic N) is 1. The lowest BCUT2D eigenvalue weighted by Gasteiger charge is -2.08. The summed E-state index contributed by atoms with van der Waals surface area (Å²) in [6.45, 7) is 1.97. The third-order valence-corrected chi connectivity index (χ3v) is 3.09. The third-order valence-electron chi connectivity index (χ3n) is 3.09. The zero-order valence-electron chi connectivity index (χ0n) is 10.1. The molecular formula is C15H10F3N. The number of halogens is 3. The van der Waals surface area contributed by atoms with Crippen LogP contribution < -0.4 is 0 Å². The Bertz CT molecular complexity index is 775. The Hall–Kier alpha value is -2.10. The van der Waals surface area contributed by atoms with Gasteiger partial charge in [0, 0.05) is 10.8 Å². The van der Waals surface area contributed by atoms with E-state index in [0.717, 1.165) is 23.1 Å². The summed E-state index contributed by atoms with van der Waals surface area (Å²) in [6, 6.07) is 11.2. The predicted molar refractivity (Wildman–Crippen MR) is 69.0 cm³/mol. The lowest BCUT2D eigenvalue weighted by atomic mass is 10.1. The molecule has 0 aliphatic rings. The first-order valence-electron chi connectivity index (χ1n) is 5.82. The Labute approximate surface area is 107 Å². The molecule has 0 N–H and O–H groups in total. The smallest absolute Gasteiger partial charge is 0.248 e. The molecule has 0 radical (unpaired) electrons. The summed E-state index contributed by atoms with van der Waals surface area (Å²) < 4.78 is 38.0. The Morgan fingerprint density at radius 3 is 2.37 bits per heavy atom. The molecule has 1 heterocycles. The van der Waals surface area contributed by atoms with Crippen molar-refractivity contribution >= 4 is 21.8 Å². The molecule has 3 aromatic rings. The van der Waals surface area contributed by atoms with E-state index in [0.29, 0.717) is 16.4 Å². The fourth-order valence-electron chi connectivity index (χ4n) is 2.13. The first-order valence-corrected chi connectivity index (χ1v) is 5.82. The molecule has 4 heteroatoms. The van der Waals surface area contributed by atoms with Crippen LogP contribution in [-0.4, -0.2) is 4.98 Å². The average molecular weight is 261 g/mol. The van der Waals surface area contributed by atoms with E-state index in [-0.39, 0.29) is 0 Å². The lowest BCUT2D eigenvalue weighted by molar-refractivity contribution is -0.137. The van der Waals surface area contributed by atoms with Crippen molar-refractivity contribution in [3.63, 3.8) is 0 Å². The Morgan fingerprint density at radius 2 is 1.63 bits per heavy atom. The Morgan fingerprint density at radius 1 is 0.842 bits per heavy atom. The molecule has 0 spiro atoms. The van der Waals surface area contributed by atoms with Crippen molar-refractivity contribution in [2.24, 2.45) is 0 Å². The monoisotopic (exact) mass is 261 g/mol. The van der Waals surface area contributed by atoms with Crippen LogP contribution in [0, 0.1) is 6.92 Å². The van der Waals surface area contributed by atoms with Gasteiger partial charge in [-0.1, -0.05) is 17.7 Å². The number of rotatable bonds is 0. The molecule has 1 aromatic heterocycles. The van der Waals surface area contributed by atoms with E-state index in [1.54, 1.807) is 0 Å². The second-order valence-corrected chi connectivity index (χ2v) is 4.59. The summed E-state index contributed by atoms with van der Waals surface area (Å²) in [5.74, 6) is 0. The van der Waals surface area contributed by atoms with Gasteiger partial charge in [0.25, 0.3) is 0 Å². The summed E-state index contributed by atoms with van der Waals surface area (Å²) in [6.07, 6.45) is -4.34. The Kier molecular flexibility index (Phi) is 2.49. The van der Waals surface area contributed by atoms with Crippen LogP contribution >= 0.6 is 0 Å². The quantitative estimate of drug-likeness (QED) is 0.534. The highest BCUT2D eigenvalue weighted by Crippen LogP contribution is 2.31. The van der Waals surface area contributed by atoms with Crippen molar-refractivity contribution in [3.8, 4) is 0 Å². The minimum Gasteiger partial charge on any atom is -0.248 e. The van der Waals surface area contributed by atoms with Crippen LogP contribution in [0.4, 0.5) is 13.2 Å². The van der Waals surface area contributed by atoms with Crippen molar-refractivity contribution < 1.29 is 13.2 Å². The van der Waals surface area contributed by atoms with Gasteiger partial charge in [-0.2, -0.15) is 13.2 Å². The van der Waals surface area contributed by atoms with Gasteiger partial charge in [0.15, 0.2) is 0 Å². The molecular weight excluding hydrogens is 251 g/mol. The summed E-state index contributed by atoms with van der Waals surface area (Å²) in [5, 5.41) is 1.65. The van der Waals surface area contributed by atoms with Crippen LogP contribution in [0.5, 0.6) is 0 Å². The lowest BCUT2D eigenvalue weighted by Crippen LogP contribution is -2.04. The molecule has 3 rings (SSSR count). The van der Waals surface area contributed by atoms with E-state index >= 15 is 0 Å². The topological polar surface area (TPSA) is 12.9 Å². The molecule has 0 saturated heterocycles. The first-order chi connectivity index (χ1) is 8.93. The van der Waals surface area contributed by atoms with Gasteiger partial charge >= 0.3 is 6.18 Å². The number of aryl methyl sites for hydroxylation is 1. The second-order valence-electron chi connectivity index (χ2n) is 4.59. The average Bonchev–Trinajstić information content (AvgIpc) is 2.34. The van der Waals surface area contributed by atoms with Gasteiger partial charge in [-0.25, -0.2) is 4.98 Å². The zero-order chi connectivity index (χ0) is 13.6. The maximum absolute atomic E-state index is 12.7. The molecule has 0 fully saturated rings. The van der Waals surface area contributed by atoms with Gasteiger partial charge in [0.05, 0.1) is 16.6 Å². The molecule has 96 valence electrons. The molecule has 0 saturated carbocycles. The maximum Gasteiger partial charge on any atom is 0.416 e. The fraction of sp³-hybridized carbons (Fsp3) is 0.133. The van der Waals surface area contributed by atoms with E-state index in [4.69, 9.17) is 0 Å². The summed E-state index contributed by atoms with van der Waals surface area (Å²) in [4.78, 5) is 4.29. The van der Waals surface area contributed by atoms with Gasteiger partial charge in [-0.05, 0) is 37.3 Å². The van der Waals surface area contributed by atoms with Gasteiger partial charge in [0.2, 0.25) is 0 Å². The van der Waals surface area contributed by atoms with E-state index in [1.807, 2.05) is 31.2 Å². The number of hydrogen-bond acceptors (Lipinski definition) is 1. The second kappa shape index (κ2) is 3.95. The van der Waals surface area contributed by atoms with Gasteiger partial charge < -0.3 is 0 Å². The van der Waals surface area contributed by atoms with Crippen LogP contribution in [0.2, 0.25) is 0 Å². The van der Waals surface area contributed by atoms with Crippen LogP contribution in [-0.2, 0) is 6.18 Å². The number of aromatic nitrogens is 1. The molecule has 2 aromatic carbocycles. The first kappa shape index (κ1) is 12.0. The molecule has 0 unspecified atom stereocenters. The molecule has 0 atom stereocenters. The van der Waals surface area contributed by atoms with Crippen LogP contribution in [0.3, 0.4) is 0 Å². The minimum atomic E-state index is -4.34. The van der Waals surface area contributed by atoms with Crippen LogP contribution in [0.1, 0.15) is 11.1 Å². The van der Waals surface area contributed by atoms with Gasteiger partial charge in [-0.15, -0.1) is 0 Å². The number of hydrogen-bond donors (Lipinski definition) is 0. The normalized spacial score (nSPS) is 12.2. The third kappa shape index (κ3) is 2.14. The van der Waals surface area contributed by atoms with Crippen molar-refractivity contribution in [3.05, 3.63) is 53.6 Å². The van der Waals surface area contributed by atoms with Crippen molar-refractivity contribution in [2.75, 3.05) is 0 Å². The fourth-order valence-corrected chi connectivity index (χ4v) is 2.13. The van der Waals surface area contributed by atoms with Crippen molar-refractivity contribution in [1.82, 2.24) is 4.98 Å². The number of pyridine rings is 1. The van der Waals surface area contributed by atoms with Gasteiger partial charge in [-0.3, -0.25) is 0 Å². The Balaban J connectivity index is 2.29. The summed E-state index contributed by atoms with van der Waals surface area (Å²) >= 11 is 0. The predicted octanol–water partition coefficient (Wildman–Crippen LogP) is 4.72. The zero-order valence-corrected chi connectivity index (χ0v) is 10.1. The summed E-state index contributed by atoms with van der Waals surface area (Å²) in [5.41, 5.74) is 1.50. The summed E-state index contributed by atoms with van der Waals surface area (Å²) in [7, 11) is 0. The molecule has 19 heavy (non-hydrogen) atoms. The standard InChI is InChI=1S/C15H10F3N/c1-9-2-5-13-11(6-9)7-10-3-4-12(15(16,17)18)8-14(10)19-13/h2-8H,1H3. The van der Waals surface area contributed by atoms with Gasteiger partial charge in [0.1, 0.15) is 0 Å². The highest BCUT2D eigenvalue weighted by molar-refractivity contribution is 5.93. The molecule has 0 amide bonds. The number of alkyl halides is 3. The van der Waals surface area contributed by atoms with Crippen molar-refractivity contribution in [1.29, 1.82) is 0 Å². The molecule has 0 aliphatic carbocycles. The molecule has 0 aliphatic heterocycles. The number of benzene rings is 2. The highest BCUT2D eigenvalue weighted by atomic mass is 19.4.